The molecule has 0 atom stereocenters. The third-order valence-electron chi connectivity index (χ3n) is 5.00. The van der Waals surface area contributed by atoms with Crippen LogP contribution in [-0.4, -0.2) is 15.7 Å². The van der Waals surface area contributed by atoms with Crippen molar-refractivity contribution in [3.8, 4) is 11.3 Å². The van der Waals surface area contributed by atoms with Crippen LogP contribution in [0.25, 0.3) is 11.3 Å². The molecule has 7 heteroatoms. The van der Waals surface area contributed by atoms with Crippen LogP contribution in [0.1, 0.15) is 16.7 Å². The van der Waals surface area contributed by atoms with Gasteiger partial charge in [-0.25, -0.2) is 18.7 Å². The maximum absolute atomic E-state index is 14.5. The first-order valence-corrected chi connectivity index (χ1v) is 10.2. The van der Waals surface area contributed by atoms with Crippen molar-refractivity contribution in [1.82, 2.24) is 9.97 Å². The molecule has 0 unspecified atom stereocenters. The summed E-state index contributed by atoms with van der Waals surface area (Å²) < 4.78 is 28.8. The van der Waals surface area contributed by atoms with Crippen molar-refractivity contribution in [1.29, 1.82) is 0 Å². The molecular weight excluding hydrogens is 430 g/mol. The Morgan fingerprint density at radius 2 is 1.88 bits per heavy atom. The van der Waals surface area contributed by atoms with Gasteiger partial charge in [0.15, 0.2) is 0 Å². The first kappa shape index (κ1) is 21.6. The third kappa shape index (κ3) is 4.22. The van der Waals surface area contributed by atoms with Crippen LogP contribution in [0.2, 0.25) is 5.02 Å². The van der Waals surface area contributed by atoms with Crippen molar-refractivity contribution in [2.24, 2.45) is 4.99 Å². The summed E-state index contributed by atoms with van der Waals surface area (Å²) in [6, 6.07) is 12.9. The molecule has 2 heterocycles. The lowest BCUT2D eigenvalue weighted by Crippen LogP contribution is -2.09. The molecule has 3 aromatic rings. The van der Waals surface area contributed by atoms with E-state index in [1.54, 1.807) is 24.4 Å². The minimum atomic E-state index is -0.953. The molecule has 2 aromatic carbocycles. The zero-order chi connectivity index (χ0) is 22.8. The number of hydrogen-bond acceptors (Lipinski definition) is 4. The van der Waals surface area contributed by atoms with Gasteiger partial charge in [-0.2, -0.15) is 0 Å². The van der Waals surface area contributed by atoms with Gasteiger partial charge in [0.05, 0.1) is 23.5 Å². The molecule has 1 aromatic heterocycles. The summed E-state index contributed by atoms with van der Waals surface area (Å²) in [4.78, 5) is 13.5. The third-order valence-corrected chi connectivity index (χ3v) is 5.23. The Labute approximate surface area is 189 Å². The number of rotatable bonds is 5. The molecular formula is C25H19ClF2N4. The minimum Gasteiger partial charge on any atom is -0.324 e. The molecule has 4 rings (SSSR count). The second-order valence-corrected chi connectivity index (χ2v) is 7.68. The molecule has 1 aliphatic rings. The molecule has 0 aliphatic carbocycles. The molecule has 0 saturated carbocycles. The molecule has 32 heavy (non-hydrogen) atoms. The molecule has 0 saturated heterocycles. The molecule has 1 aliphatic heterocycles. The first-order valence-electron chi connectivity index (χ1n) is 9.79. The summed E-state index contributed by atoms with van der Waals surface area (Å²) in [6.45, 7) is 8.81. The van der Waals surface area contributed by atoms with E-state index in [1.807, 2.05) is 31.2 Å². The van der Waals surface area contributed by atoms with Crippen molar-refractivity contribution in [3.63, 3.8) is 0 Å². The van der Waals surface area contributed by atoms with Crippen molar-refractivity contribution in [2.75, 3.05) is 5.32 Å². The second kappa shape index (κ2) is 8.85. The summed E-state index contributed by atoms with van der Waals surface area (Å²) in [7, 11) is 0. The molecule has 1 N–H and O–H groups in total. The van der Waals surface area contributed by atoms with Crippen molar-refractivity contribution >= 4 is 28.9 Å². The quantitative estimate of drug-likeness (QED) is 0.425. The number of aryl methyl sites for hydroxylation is 1. The number of nitrogens with zero attached hydrogens (tertiary/aromatic N) is 3. The predicted molar refractivity (Wildman–Crippen MR) is 126 cm³/mol. The summed E-state index contributed by atoms with van der Waals surface area (Å²) in [5.74, 6) is -1.42. The van der Waals surface area contributed by atoms with Crippen LogP contribution in [-0.2, 0) is 6.54 Å². The van der Waals surface area contributed by atoms with E-state index in [-0.39, 0.29) is 17.8 Å². The van der Waals surface area contributed by atoms with Gasteiger partial charge in [-0.15, -0.1) is 0 Å². The molecule has 0 bridgehead atoms. The fraction of sp³-hybridized carbons (Fsp3) is 0.0800. The topological polar surface area (TPSA) is 50.2 Å². The predicted octanol–water partition coefficient (Wildman–Crippen LogP) is 7.04. The summed E-state index contributed by atoms with van der Waals surface area (Å²) in [5, 5.41) is 3.58. The summed E-state index contributed by atoms with van der Waals surface area (Å²) >= 11 is 6.23. The van der Waals surface area contributed by atoms with E-state index in [9.17, 15) is 8.78 Å². The van der Waals surface area contributed by atoms with Crippen LogP contribution in [0.4, 0.5) is 20.4 Å². The number of allylic oxidation sites excluding steroid dienone is 4. The molecule has 160 valence electrons. The van der Waals surface area contributed by atoms with E-state index in [0.29, 0.717) is 33.4 Å². The van der Waals surface area contributed by atoms with Gasteiger partial charge in [0, 0.05) is 33.6 Å². The normalized spacial score (nSPS) is 13.2. The lowest BCUT2D eigenvalue weighted by molar-refractivity contribution is 0.624. The van der Waals surface area contributed by atoms with Crippen molar-refractivity contribution in [2.45, 2.75) is 13.5 Å². The van der Waals surface area contributed by atoms with Crippen molar-refractivity contribution < 1.29 is 8.78 Å². The van der Waals surface area contributed by atoms with Gasteiger partial charge in [-0.05, 0) is 37.3 Å². The molecule has 4 nitrogen and oxygen atoms in total. The average Bonchev–Trinajstić information content (AvgIpc) is 2.92. The Kier molecular flexibility index (Phi) is 5.97. The number of fused-ring (bicyclic) bond motifs is 3. The number of aromatic nitrogens is 2. The first-order chi connectivity index (χ1) is 15.4. The van der Waals surface area contributed by atoms with E-state index in [2.05, 4.69) is 33.4 Å². The number of nitrogens with one attached hydrogen (secondary N) is 1. The van der Waals surface area contributed by atoms with Gasteiger partial charge in [0.2, 0.25) is 5.95 Å². The van der Waals surface area contributed by atoms with E-state index >= 15 is 0 Å². The number of halogens is 3. The Hall–Kier alpha value is -3.64. The van der Waals surface area contributed by atoms with Gasteiger partial charge in [0.25, 0.3) is 0 Å². The lowest BCUT2D eigenvalue weighted by atomic mass is 9.94. The second-order valence-electron chi connectivity index (χ2n) is 7.25. The van der Waals surface area contributed by atoms with Gasteiger partial charge in [-0.3, -0.25) is 4.99 Å². The van der Waals surface area contributed by atoms with Crippen LogP contribution in [0.3, 0.4) is 0 Å². The minimum absolute atomic E-state index is 0.0958. The van der Waals surface area contributed by atoms with Crippen LogP contribution < -0.4 is 5.32 Å². The highest BCUT2D eigenvalue weighted by molar-refractivity contribution is 6.31. The number of anilines is 2. The SMILES string of the molecule is C=C/C(F)=C(\C(=C)F)C1=NCc2cnc(Nc3ccc(C)cc3)nc2-c2ccc(Cl)cc21. The maximum atomic E-state index is 14.5. The van der Waals surface area contributed by atoms with E-state index < -0.39 is 11.7 Å². The van der Waals surface area contributed by atoms with Crippen molar-refractivity contribution in [3.05, 3.63) is 107 Å². The standard InChI is InChI=1S/C25H19ClF2N4/c1-4-21(28)22(15(3)27)24-20-11-17(26)7-10-19(20)23-16(12-29-24)13-30-25(32-23)31-18-8-5-14(2)6-9-18/h4-11,13H,1,3,12H2,2H3,(H,30,31,32)/b22-21-. The maximum Gasteiger partial charge on any atom is 0.227 e. The highest BCUT2D eigenvalue weighted by Gasteiger charge is 2.25. The van der Waals surface area contributed by atoms with Gasteiger partial charge in [0.1, 0.15) is 11.7 Å². The fourth-order valence-corrected chi connectivity index (χ4v) is 3.61. The Morgan fingerprint density at radius 3 is 2.56 bits per heavy atom. The number of aliphatic imine (C=N–C) groups is 1. The zero-order valence-electron chi connectivity index (χ0n) is 17.3. The van der Waals surface area contributed by atoms with E-state index in [0.717, 1.165) is 17.3 Å². The largest absolute Gasteiger partial charge is 0.324 e. The van der Waals surface area contributed by atoms with Crippen LogP contribution >= 0.6 is 11.6 Å². The summed E-state index contributed by atoms with van der Waals surface area (Å²) in [6.07, 6.45) is 2.58. The Balaban J connectivity index is 1.86. The van der Waals surface area contributed by atoms with E-state index in [4.69, 9.17) is 11.6 Å². The number of benzene rings is 2. The lowest BCUT2D eigenvalue weighted by Gasteiger charge is -2.14. The molecule has 0 spiro atoms. The average molecular weight is 449 g/mol. The Bertz CT molecular complexity index is 1290. The van der Waals surface area contributed by atoms with Crippen LogP contribution in [0.15, 0.2) is 90.1 Å². The Morgan fingerprint density at radius 1 is 1.12 bits per heavy atom. The zero-order valence-corrected chi connectivity index (χ0v) is 18.0. The highest BCUT2D eigenvalue weighted by Crippen LogP contribution is 2.36. The summed E-state index contributed by atoms with van der Waals surface area (Å²) in [5.41, 5.74) is 4.10. The van der Waals surface area contributed by atoms with Crippen LogP contribution in [0, 0.1) is 6.92 Å². The monoisotopic (exact) mass is 448 g/mol. The van der Waals surface area contributed by atoms with Gasteiger partial charge in [-0.1, -0.05) is 48.5 Å². The molecule has 0 amide bonds. The highest BCUT2D eigenvalue weighted by atomic mass is 35.5. The van der Waals surface area contributed by atoms with E-state index in [1.165, 1.54) is 0 Å². The van der Waals surface area contributed by atoms with Crippen LogP contribution in [0.5, 0.6) is 0 Å². The smallest absolute Gasteiger partial charge is 0.227 e. The number of hydrogen-bond donors (Lipinski definition) is 1. The fourth-order valence-electron chi connectivity index (χ4n) is 3.44. The molecule has 0 radical (unpaired) electrons. The molecule has 0 fully saturated rings. The van der Waals surface area contributed by atoms with Gasteiger partial charge < -0.3 is 5.32 Å². The van der Waals surface area contributed by atoms with Gasteiger partial charge >= 0.3 is 0 Å².